The summed E-state index contributed by atoms with van der Waals surface area (Å²) >= 11 is 0. The molecule has 3 nitrogen and oxygen atoms in total. The molecular weight excluding hydrogens is 294 g/mol. The van der Waals surface area contributed by atoms with Crippen molar-refractivity contribution in [3.63, 3.8) is 0 Å². The molecule has 3 heteroatoms. The van der Waals surface area contributed by atoms with Gasteiger partial charge in [-0.2, -0.15) is 0 Å². The number of fused-ring (bicyclic) bond motifs is 1. The summed E-state index contributed by atoms with van der Waals surface area (Å²) in [7, 11) is 0. The molecule has 0 saturated carbocycles. The van der Waals surface area contributed by atoms with Gasteiger partial charge >= 0.3 is 0 Å². The summed E-state index contributed by atoms with van der Waals surface area (Å²) in [5, 5.41) is 4.95. The van der Waals surface area contributed by atoms with Crippen molar-refractivity contribution in [3.05, 3.63) is 35.0 Å². The second-order valence-electron chi connectivity index (χ2n) is 7.37. The van der Waals surface area contributed by atoms with Crippen LogP contribution in [0.4, 0.5) is 0 Å². The highest BCUT2D eigenvalue weighted by Crippen LogP contribution is 2.28. The molecule has 1 fully saturated rings. The van der Waals surface area contributed by atoms with Crippen LogP contribution in [0, 0.1) is 13.8 Å². The minimum Gasteiger partial charge on any atom is -0.347 e. The molecule has 0 aliphatic carbocycles. The number of piperazine rings is 1. The van der Waals surface area contributed by atoms with Crippen molar-refractivity contribution in [1.29, 1.82) is 0 Å². The largest absolute Gasteiger partial charge is 0.347 e. The molecule has 0 bridgehead atoms. The van der Waals surface area contributed by atoms with Gasteiger partial charge in [0, 0.05) is 49.8 Å². The maximum Gasteiger partial charge on any atom is 0.0488 e. The Kier molecular flexibility index (Phi) is 5.96. The second-order valence-corrected chi connectivity index (χ2v) is 7.37. The molecule has 0 spiro atoms. The maximum absolute atomic E-state index is 3.44. The van der Waals surface area contributed by atoms with Crippen LogP contribution in [0.1, 0.15) is 42.9 Å². The average molecular weight is 328 g/mol. The van der Waals surface area contributed by atoms with Crippen LogP contribution in [0.3, 0.4) is 0 Å². The van der Waals surface area contributed by atoms with E-state index in [-0.39, 0.29) is 0 Å². The van der Waals surface area contributed by atoms with Crippen LogP contribution in [-0.4, -0.2) is 42.2 Å². The summed E-state index contributed by atoms with van der Waals surface area (Å²) in [6.07, 6.45) is 7.41. The number of hydrogen-bond donors (Lipinski definition) is 1. The van der Waals surface area contributed by atoms with Crippen molar-refractivity contribution >= 4 is 10.9 Å². The number of rotatable bonds is 7. The van der Waals surface area contributed by atoms with E-state index in [4.69, 9.17) is 0 Å². The van der Waals surface area contributed by atoms with E-state index in [1.807, 2.05) is 0 Å². The molecule has 0 amide bonds. The lowest BCUT2D eigenvalue weighted by atomic mass is 10.0. The van der Waals surface area contributed by atoms with Crippen LogP contribution in [0.2, 0.25) is 0 Å². The summed E-state index contributed by atoms with van der Waals surface area (Å²) in [5.41, 5.74) is 5.81. The fraction of sp³-hybridized carbons (Fsp3) is 0.619. The zero-order valence-electron chi connectivity index (χ0n) is 15.7. The van der Waals surface area contributed by atoms with Crippen molar-refractivity contribution < 1.29 is 0 Å². The highest BCUT2D eigenvalue weighted by atomic mass is 15.2. The van der Waals surface area contributed by atoms with E-state index < -0.39 is 0 Å². The minimum absolute atomic E-state index is 1.15. The zero-order valence-corrected chi connectivity index (χ0v) is 15.7. The molecule has 3 rings (SSSR count). The zero-order chi connectivity index (χ0) is 16.9. The number of benzene rings is 1. The summed E-state index contributed by atoms with van der Waals surface area (Å²) in [5.74, 6) is 0. The monoisotopic (exact) mass is 327 g/mol. The van der Waals surface area contributed by atoms with Crippen LogP contribution < -0.4 is 5.32 Å². The fourth-order valence-electron chi connectivity index (χ4n) is 4.04. The van der Waals surface area contributed by atoms with Gasteiger partial charge in [-0.3, -0.25) is 0 Å². The van der Waals surface area contributed by atoms with Crippen LogP contribution in [0.25, 0.3) is 10.9 Å². The second kappa shape index (κ2) is 8.17. The van der Waals surface area contributed by atoms with Crippen molar-refractivity contribution in [3.8, 4) is 0 Å². The molecule has 0 unspecified atom stereocenters. The molecule has 24 heavy (non-hydrogen) atoms. The Morgan fingerprint density at radius 1 is 1.04 bits per heavy atom. The summed E-state index contributed by atoms with van der Waals surface area (Å²) in [6.45, 7) is 13.8. The smallest absolute Gasteiger partial charge is 0.0488 e. The van der Waals surface area contributed by atoms with E-state index >= 15 is 0 Å². The van der Waals surface area contributed by atoms with Crippen molar-refractivity contribution in [1.82, 2.24) is 14.8 Å². The first-order valence-electron chi connectivity index (χ1n) is 9.71. The Morgan fingerprint density at radius 3 is 2.58 bits per heavy atom. The molecule has 1 aromatic carbocycles. The van der Waals surface area contributed by atoms with Gasteiger partial charge in [-0.05, 0) is 62.4 Å². The number of nitrogens with one attached hydrogen (secondary N) is 1. The van der Waals surface area contributed by atoms with E-state index in [0.717, 1.165) is 19.6 Å². The molecule has 1 aromatic heterocycles. The Bertz CT molecular complexity index is 665. The highest BCUT2D eigenvalue weighted by Gasteiger charge is 2.13. The lowest BCUT2D eigenvalue weighted by molar-refractivity contribution is 0.238. The predicted molar refractivity (Wildman–Crippen MR) is 104 cm³/mol. The quantitative estimate of drug-likeness (QED) is 0.832. The molecule has 0 radical (unpaired) electrons. The predicted octanol–water partition coefficient (Wildman–Crippen LogP) is 3.90. The Hall–Kier alpha value is -1.32. The highest BCUT2D eigenvalue weighted by molar-refractivity contribution is 5.88. The van der Waals surface area contributed by atoms with Crippen LogP contribution in [0.15, 0.2) is 18.3 Å². The molecule has 2 aromatic rings. The first kappa shape index (κ1) is 17.5. The summed E-state index contributed by atoms with van der Waals surface area (Å²) < 4.78 is 2.50. The van der Waals surface area contributed by atoms with Crippen molar-refractivity contribution in [2.24, 2.45) is 0 Å². The van der Waals surface area contributed by atoms with E-state index in [1.165, 1.54) is 67.3 Å². The van der Waals surface area contributed by atoms with Gasteiger partial charge in [0.2, 0.25) is 0 Å². The number of hydrogen-bond acceptors (Lipinski definition) is 2. The molecule has 132 valence electrons. The Morgan fingerprint density at radius 2 is 1.83 bits per heavy atom. The normalized spacial score (nSPS) is 16.1. The Balaban J connectivity index is 1.76. The molecule has 2 heterocycles. The maximum atomic E-state index is 3.44. The standard InChI is InChI=1S/C21H33N3/c1-4-5-11-24-16-19(7-6-10-23-12-8-22-9-13-23)21-18(3)14-17(2)15-20(21)24/h14-16,22H,4-13H2,1-3H3. The van der Waals surface area contributed by atoms with Crippen LogP contribution in [0.5, 0.6) is 0 Å². The van der Waals surface area contributed by atoms with E-state index in [1.54, 1.807) is 5.56 Å². The first-order chi connectivity index (χ1) is 11.7. The van der Waals surface area contributed by atoms with Gasteiger partial charge in [-0.25, -0.2) is 0 Å². The number of aryl methyl sites for hydroxylation is 4. The van der Waals surface area contributed by atoms with Gasteiger partial charge in [-0.1, -0.05) is 19.4 Å². The number of aromatic nitrogens is 1. The van der Waals surface area contributed by atoms with E-state index in [9.17, 15) is 0 Å². The molecular formula is C21H33N3. The average Bonchev–Trinajstić information content (AvgIpc) is 2.92. The lowest BCUT2D eigenvalue weighted by Crippen LogP contribution is -2.43. The Labute approximate surface area is 147 Å². The number of nitrogens with zero attached hydrogens (tertiary/aromatic N) is 2. The molecule has 0 atom stereocenters. The van der Waals surface area contributed by atoms with Crippen molar-refractivity contribution in [2.45, 2.75) is 53.0 Å². The molecule has 1 N–H and O–H groups in total. The third kappa shape index (κ3) is 4.01. The van der Waals surface area contributed by atoms with E-state index in [2.05, 4.69) is 53.9 Å². The van der Waals surface area contributed by atoms with Crippen LogP contribution in [-0.2, 0) is 13.0 Å². The van der Waals surface area contributed by atoms with Gasteiger partial charge in [0.05, 0.1) is 0 Å². The lowest BCUT2D eigenvalue weighted by Gasteiger charge is -2.27. The third-order valence-electron chi connectivity index (χ3n) is 5.28. The SMILES string of the molecule is CCCCn1cc(CCCN2CCNCC2)c2c(C)cc(C)cc21. The van der Waals surface area contributed by atoms with Gasteiger partial charge in [0.15, 0.2) is 0 Å². The molecule has 1 aliphatic heterocycles. The summed E-state index contributed by atoms with van der Waals surface area (Å²) in [4.78, 5) is 2.60. The van der Waals surface area contributed by atoms with Gasteiger partial charge < -0.3 is 14.8 Å². The van der Waals surface area contributed by atoms with Gasteiger partial charge in [0.1, 0.15) is 0 Å². The molecule has 1 saturated heterocycles. The van der Waals surface area contributed by atoms with Gasteiger partial charge in [0.25, 0.3) is 0 Å². The third-order valence-corrected chi connectivity index (χ3v) is 5.28. The minimum atomic E-state index is 1.15. The number of unbranched alkanes of at least 4 members (excludes halogenated alkanes) is 1. The van der Waals surface area contributed by atoms with Crippen molar-refractivity contribution in [2.75, 3.05) is 32.7 Å². The summed E-state index contributed by atoms with van der Waals surface area (Å²) in [6, 6.07) is 4.71. The fourth-order valence-corrected chi connectivity index (χ4v) is 4.04. The van der Waals surface area contributed by atoms with Crippen LogP contribution >= 0.6 is 0 Å². The van der Waals surface area contributed by atoms with Gasteiger partial charge in [-0.15, -0.1) is 0 Å². The first-order valence-corrected chi connectivity index (χ1v) is 9.71. The topological polar surface area (TPSA) is 20.2 Å². The van der Waals surface area contributed by atoms with E-state index in [0.29, 0.717) is 0 Å². The molecule has 1 aliphatic rings.